The quantitative estimate of drug-likeness (QED) is 0.780. The zero-order chi connectivity index (χ0) is 16.6. The maximum absolute atomic E-state index is 5.58. The van der Waals surface area contributed by atoms with Gasteiger partial charge in [0.2, 0.25) is 0 Å². The minimum atomic E-state index is 0.502. The highest BCUT2D eigenvalue weighted by atomic mass is 32.1. The molecule has 0 amide bonds. The first-order valence-electron chi connectivity index (χ1n) is 9.71. The number of hydrogen-bond donors (Lipinski definition) is 2. The summed E-state index contributed by atoms with van der Waals surface area (Å²) in [6, 6.07) is 11.1. The van der Waals surface area contributed by atoms with Gasteiger partial charge in [-0.15, -0.1) is 0 Å². The molecular weight excluding hydrogens is 312 g/mol. The maximum atomic E-state index is 5.58. The van der Waals surface area contributed by atoms with Gasteiger partial charge < -0.3 is 10.6 Å². The van der Waals surface area contributed by atoms with E-state index in [1.54, 1.807) is 0 Å². The molecule has 4 fully saturated rings. The molecular formula is C21H30N2S. The Morgan fingerprint density at radius 2 is 1.67 bits per heavy atom. The summed E-state index contributed by atoms with van der Waals surface area (Å²) in [7, 11) is 0. The maximum Gasteiger partial charge on any atom is 0.166 e. The van der Waals surface area contributed by atoms with Gasteiger partial charge >= 0.3 is 0 Å². The third kappa shape index (κ3) is 3.33. The van der Waals surface area contributed by atoms with Crippen LogP contribution in [0.15, 0.2) is 30.3 Å². The lowest BCUT2D eigenvalue weighted by Gasteiger charge is -2.59. The zero-order valence-corrected chi connectivity index (χ0v) is 15.6. The molecule has 1 atom stereocenters. The van der Waals surface area contributed by atoms with Crippen LogP contribution >= 0.6 is 12.2 Å². The topological polar surface area (TPSA) is 24.1 Å². The van der Waals surface area contributed by atoms with E-state index < -0.39 is 0 Å². The monoisotopic (exact) mass is 342 g/mol. The van der Waals surface area contributed by atoms with Crippen molar-refractivity contribution in [3.63, 3.8) is 0 Å². The summed E-state index contributed by atoms with van der Waals surface area (Å²) in [5.41, 5.74) is 1.88. The number of benzene rings is 1. The van der Waals surface area contributed by atoms with Gasteiger partial charge in [-0.2, -0.15) is 0 Å². The summed E-state index contributed by atoms with van der Waals surface area (Å²) in [5, 5.41) is 7.90. The molecule has 0 aliphatic heterocycles. The summed E-state index contributed by atoms with van der Waals surface area (Å²) in [4.78, 5) is 0. The first-order chi connectivity index (χ1) is 11.6. The molecule has 1 aromatic carbocycles. The fourth-order valence-electron chi connectivity index (χ4n) is 6.07. The highest BCUT2D eigenvalue weighted by Crippen LogP contribution is 2.61. The highest BCUT2D eigenvalue weighted by Gasteiger charge is 2.53. The molecule has 24 heavy (non-hydrogen) atoms. The molecule has 130 valence electrons. The Bertz CT molecular complexity index is 547. The lowest BCUT2D eigenvalue weighted by atomic mass is 9.48. The van der Waals surface area contributed by atoms with Crippen molar-refractivity contribution in [2.45, 2.75) is 57.9 Å². The van der Waals surface area contributed by atoms with Gasteiger partial charge in [-0.25, -0.2) is 0 Å². The van der Waals surface area contributed by atoms with E-state index in [4.69, 9.17) is 12.2 Å². The van der Waals surface area contributed by atoms with Gasteiger partial charge in [0, 0.05) is 12.6 Å². The van der Waals surface area contributed by atoms with Crippen molar-refractivity contribution in [1.82, 2.24) is 10.6 Å². The summed E-state index contributed by atoms with van der Waals surface area (Å²) >= 11 is 5.58. The molecule has 4 aliphatic carbocycles. The molecule has 0 radical (unpaired) electrons. The minimum absolute atomic E-state index is 0.502. The van der Waals surface area contributed by atoms with Crippen molar-refractivity contribution in [2.24, 2.45) is 23.2 Å². The van der Waals surface area contributed by atoms with Crippen molar-refractivity contribution in [3.8, 4) is 0 Å². The Morgan fingerprint density at radius 3 is 2.25 bits per heavy atom. The average molecular weight is 343 g/mol. The Hall–Kier alpha value is -1.09. The van der Waals surface area contributed by atoms with Crippen LogP contribution in [-0.4, -0.2) is 17.7 Å². The average Bonchev–Trinajstić information content (AvgIpc) is 2.54. The Balaban J connectivity index is 1.28. The van der Waals surface area contributed by atoms with Gasteiger partial charge in [0.1, 0.15) is 0 Å². The van der Waals surface area contributed by atoms with E-state index in [-0.39, 0.29) is 0 Å². The van der Waals surface area contributed by atoms with Crippen LogP contribution in [0.25, 0.3) is 0 Å². The van der Waals surface area contributed by atoms with Crippen molar-refractivity contribution in [1.29, 1.82) is 0 Å². The van der Waals surface area contributed by atoms with Crippen molar-refractivity contribution in [3.05, 3.63) is 35.9 Å². The van der Waals surface area contributed by atoms with Crippen LogP contribution in [0, 0.1) is 23.2 Å². The summed E-state index contributed by atoms with van der Waals surface area (Å²) in [6.45, 7) is 3.28. The van der Waals surface area contributed by atoms with Crippen LogP contribution in [-0.2, 0) is 6.42 Å². The fraction of sp³-hybridized carbons (Fsp3) is 0.667. The van der Waals surface area contributed by atoms with Crippen LogP contribution in [0.2, 0.25) is 0 Å². The first-order valence-corrected chi connectivity index (χ1v) is 10.1. The van der Waals surface area contributed by atoms with Crippen molar-refractivity contribution < 1.29 is 0 Å². The molecule has 3 heteroatoms. The predicted octanol–water partition coefficient (Wildman–Crippen LogP) is 4.30. The predicted molar refractivity (Wildman–Crippen MR) is 104 cm³/mol. The fourth-order valence-corrected chi connectivity index (χ4v) is 6.35. The molecule has 4 saturated carbocycles. The Labute approximate surface area is 151 Å². The van der Waals surface area contributed by atoms with Crippen LogP contribution in [0.3, 0.4) is 0 Å². The van der Waals surface area contributed by atoms with E-state index in [1.165, 1.54) is 44.1 Å². The molecule has 1 aromatic rings. The van der Waals surface area contributed by atoms with E-state index in [1.807, 2.05) is 0 Å². The summed E-state index contributed by atoms with van der Waals surface area (Å²) in [6.07, 6.45) is 9.83. The highest BCUT2D eigenvalue weighted by molar-refractivity contribution is 7.80. The molecule has 2 nitrogen and oxygen atoms in total. The van der Waals surface area contributed by atoms with Gasteiger partial charge in [-0.1, -0.05) is 30.3 Å². The van der Waals surface area contributed by atoms with Crippen LogP contribution in [0.5, 0.6) is 0 Å². The molecule has 2 N–H and O–H groups in total. The smallest absolute Gasteiger partial charge is 0.166 e. The first kappa shape index (κ1) is 16.4. The van der Waals surface area contributed by atoms with Crippen LogP contribution < -0.4 is 10.6 Å². The third-order valence-electron chi connectivity index (χ3n) is 6.89. The van der Waals surface area contributed by atoms with Crippen LogP contribution in [0.1, 0.15) is 51.0 Å². The standard InChI is InChI=1S/C21H30N2S/c1-15(21-12-17-9-18(13-21)11-19(10-17)14-21)23-20(24)22-8-7-16-5-3-2-4-6-16/h2-6,15,17-19H,7-14H2,1H3,(H2,22,23,24). The molecule has 0 saturated heterocycles. The van der Waals surface area contributed by atoms with Gasteiger partial charge in [0.05, 0.1) is 0 Å². The second-order valence-corrected chi connectivity index (χ2v) is 9.05. The zero-order valence-electron chi connectivity index (χ0n) is 14.8. The molecule has 4 bridgehead atoms. The van der Waals surface area contributed by atoms with Crippen LogP contribution in [0.4, 0.5) is 0 Å². The number of hydrogen-bond acceptors (Lipinski definition) is 1. The van der Waals surface area contributed by atoms with E-state index in [0.29, 0.717) is 11.5 Å². The Morgan fingerprint density at radius 1 is 1.08 bits per heavy atom. The molecule has 0 aromatic heterocycles. The van der Waals surface area contributed by atoms with E-state index in [0.717, 1.165) is 35.8 Å². The minimum Gasteiger partial charge on any atom is -0.362 e. The molecule has 0 heterocycles. The number of rotatable bonds is 5. The van der Waals surface area contributed by atoms with E-state index in [2.05, 4.69) is 47.9 Å². The van der Waals surface area contributed by atoms with Gasteiger partial charge in [0.25, 0.3) is 0 Å². The van der Waals surface area contributed by atoms with Gasteiger partial charge in [-0.05, 0) is 92.8 Å². The molecule has 0 spiro atoms. The number of thiocarbonyl (C=S) groups is 1. The lowest BCUT2D eigenvalue weighted by Crippen LogP contribution is -2.57. The Kier molecular flexibility index (Phi) is 4.55. The molecule has 4 aliphatic rings. The van der Waals surface area contributed by atoms with Gasteiger partial charge in [0.15, 0.2) is 5.11 Å². The van der Waals surface area contributed by atoms with Crippen molar-refractivity contribution in [2.75, 3.05) is 6.54 Å². The van der Waals surface area contributed by atoms with E-state index in [9.17, 15) is 0 Å². The molecule has 1 unspecified atom stereocenters. The normalized spacial score (nSPS) is 34.8. The second-order valence-electron chi connectivity index (χ2n) is 8.64. The largest absolute Gasteiger partial charge is 0.362 e. The summed E-state index contributed by atoms with van der Waals surface area (Å²) in [5.74, 6) is 3.00. The summed E-state index contributed by atoms with van der Waals surface area (Å²) < 4.78 is 0. The lowest BCUT2D eigenvalue weighted by molar-refractivity contribution is -0.0672. The van der Waals surface area contributed by atoms with E-state index >= 15 is 0 Å². The number of nitrogens with one attached hydrogen (secondary N) is 2. The van der Waals surface area contributed by atoms with Crippen molar-refractivity contribution >= 4 is 17.3 Å². The molecule has 5 rings (SSSR count). The third-order valence-corrected chi connectivity index (χ3v) is 7.16. The SMILES string of the molecule is CC(NC(=S)NCCc1ccccc1)C12CC3CC(CC(C3)C1)C2. The second kappa shape index (κ2) is 6.67. The van der Waals surface area contributed by atoms with Gasteiger partial charge in [-0.3, -0.25) is 0 Å².